The van der Waals surface area contributed by atoms with Crippen LogP contribution in [-0.2, 0) is 19.1 Å². The van der Waals surface area contributed by atoms with Gasteiger partial charge in [-0.3, -0.25) is 0 Å². The standard InChI is InChI=1S/C16H16N2O4/c1-5-11(3)13(9-17)15(19)21-7-8-22-16(20)14(10-18)12(4)6-2/h5-6H,1-2,7-8H2,3-4H3/b13-11+,14-12+. The lowest BCUT2D eigenvalue weighted by Crippen LogP contribution is -2.16. The fraction of sp³-hybridized carbons (Fsp3) is 0.250. The molecule has 0 rings (SSSR count). The maximum atomic E-state index is 11.6. The molecule has 0 aromatic carbocycles. The van der Waals surface area contributed by atoms with Crippen LogP contribution in [0.4, 0.5) is 0 Å². The summed E-state index contributed by atoms with van der Waals surface area (Å²) in [5.41, 5.74) is 0.449. The fourth-order valence-corrected chi connectivity index (χ4v) is 1.21. The van der Waals surface area contributed by atoms with Crippen molar-refractivity contribution in [2.45, 2.75) is 13.8 Å². The molecule has 0 aliphatic heterocycles. The molecule has 114 valence electrons. The van der Waals surface area contributed by atoms with Crippen LogP contribution < -0.4 is 0 Å². The van der Waals surface area contributed by atoms with Crippen molar-refractivity contribution in [3.63, 3.8) is 0 Å². The number of carbonyl (C=O) groups excluding carboxylic acids is 2. The first kappa shape index (κ1) is 18.9. The van der Waals surface area contributed by atoms with E-state index in [1.54, 1.807) is 26.0 Å². The summed E-state index contributed by atoms with van der Waals surface area (Å²) in [5.74, 6) is -1.65. The maximum Gasteiger partial charge on any atom is 0.349 e. The van der Waals surface area contributed by atoms with Gasteiger partial charge in [0.05, 0.1) is 0 Å². The number of nitriles is 2. The van der Waals surface area contributed by atoms with Gasteiger partial charge in [-0.1, -0.05) is 25.3 Å². The number of ether oxygens (including phenoxy) is 2. The van der Waals surface area contributed by atoms with Crippen LogP contribution in [0.25, 0.3) is 0 Å². The Morgan fingerprint density at radius 1 is 0.909 bits per heavy atom. The van der Waals surface area contributed by atoms with Gasteiger partial charge in [-0.15, -0.1) is 0 Å². The Kier molecular flexibility index (Phi) is 8.35. The normalized spacial score (nSPS) is 11.8. The SMILES string of the molecule is C=C/C(C)=C(\C#N)C(=O)OCCOC(=O)/C(C#N)=C(\C)C=C. The molecule has 22 heavy (non-hydrogen) atoms. The topological polar surface area (TPSA) is 100 Å². The van der Waals surface area contributed by atoms with Crippen LogP contribution in [-0.4, -0.2) is 25.2 Å². The number of hydrogen-bond donors (Lipinski definition) is 0. The molecule has 6 heteroatoms. The van der Waals surface area contributed by atoms with E-state index in [0.29, 0.717) is 11.1 Å². The Balaban J connectivity index is 4.53. The van der Waals surface area contributed by atoms with Gasteiger partial charge in [0.2, 0.25) is 0 Å². The molecule has 0 radical (unpaired) electrons. The number of hydrogen-bond acceptors (Lipinski definition) is 6. The minimum absolute atomic E-state index is 0.165. The first-order chi connectivity index (χ1) is 10.4. The third-order valence-electron chi connectivity index (χ3n) is 2.58. The lowest BCUT2D eigenvalue weighted by Gasteiger charge is -2.06. The first-order valence-electron chi connectivity index (χ1n) is 6.23. The molecule has 0 fully saturated rings. The second-order valence-corrected chi connectivity index (χ2v) is 4.02. The van der Waals surface area contributed by atoms with Gasteiger partial charge in [-0.2, -0.15) is 10.5 Å². The summed E-state index contributed by atoms with van der Waals surface area (Å²) in [7, 11) is 0. The predicted octanol–water partition coefficient (Wildman–Crippen LogP) is 2.12. The summed E-state index contributed by atoms with van der Waals surface area (Å²) < 4.78 is 9.61. The Labute approximate surface area is 129 Å². The van der Waals surface area contributed by atoms with Crippen molar-refractivity contribution >= 4 is 11.9 Å². The molecule has 0 bridgehead atoms. The Morgan fingerprint density at radius 3 is 1.45 bits per heavy atom. The monoisotopic (exact) mass is 300 g/mol. The smallest absolute Gasteiger partial charge is 0.349 e. The van der Waals surface area contributed by atoms with E-state index in [4.69, 9.17) is 20.0 Å². The van der Waals surface area contributed by atoms with Crippen molar-refractivity contribution in [1.82, 2.24) is 0 Å². The maximum absolute atomic E-state index is 11.6. The molecule has 0 N–H and O–H groups in total. The van der Waals surface area contributed by atoms with Crippen LogP contribution in [0.3, 0.4) is 0 Å². The third kappa shape index (κ3) is 5.48. The van der Waals surface area contributed by atoms with Gasteiger partial charge in [0.25, 0.3) is 0 Å². The summed E-state index contributed by atoms with van der Waals surface area (Å²) in [6.45, 7) is 9.55. The summed E-state index contributed by atoms with van der Waals surface area (Å²) in [6.07, 6.45) is 2.73. The van der Waals surface area contributed by atoms with E-state index < -0.39 is 11.9 Å². The highest BCUT2D eigenvalue weighted by Crippen LogP contribution is 2.07. The zero-order valence-corrected chi connectivity index (χ0v) is 12.5. The highest BCUT2D eigenvalue weighted by Gasteiger charge is 2.15. The van der Waals surface area contributed by atoms with E-state index in [-0.39, 0.29) is 24.4 Å². The molecular weight excluding hydrogens is 284 g/mol. The molecule has 0 aromatic rings. The minimum Gasteiger partial charge on any atom is -0.458 e. The van der Waals surface area contributed by atoms with E-state index in [1.165, 1.54) is 12.2 Å². The molecule has 0 saturated carbocycles. The first-order valence-corrected chi connectivity index (χ1v) is 6.23. The molecule has 0 aliphatic rings. The summed E-state index contributed by atoms with van der Waals surface area (Å²) in [6, 6.07) is 3.43. The molecular formula is C16H16N2O4. The van der Waals surface area contributed by atoms with Crippen molar-refractivity contribution in [3.05, 3.63) is 47.6 Å². The largest absolute Gasteiger partial charge is 0.458 e. The second-order valence-electron chi connectivity index (χ2n) is 4.02. The van der Waals surface area contributed by atoms with Gasteiger partial charge in [0.1, 0.15) is 36.5 Å². The van der Waals surface area contributed by atoms with Crippen LogP contribution in [0.5, 0.6) is 0 Å². The average Bonchev–Trinajstić information content (AvgIpc) is 2.52. The van der Waals surface area contributed by atoms with E-state index in [1.807, 2.05) is 0 Å². The van der Waals surface area contributed by atoms with Crippen molar-refractivity contribution < 1.29 is 19.1 Å². The summed E-state index contributed by atoms with van der Waals surface area (Å²) in [4.78, 5) is 23.2. The minimum atomic E-state index is -0.825. The zero-order valence-electron chi connectivity index (χ0n) is 12.5. The van der Waals surface area contributed by atoms with Crippen LogP contribution in [0, 0.1) is 22.7 Å². The number of allylic oxidation sites excluding steroid dienone is 4. The van der Waals surface area contributed by atoms with E-state index >= 15 is 0 Å². The number of esters is 2. The molecule has 0 spiro atoms. The van der Waals surface area contributed by atoms with Crippen LogP contribution in [0.15, 0.2) is 47.6 Å². The Hall–Kier alpha value is -3.12. The quantitative estimate of drug-likeness (QED) is 0.235. The van der Waals surface area contributed by atoms with Gasteiger partial charge in [0.15, 0.2) is 0 Å². The number of carbonyl (C=O) groups is 2. The van der Waals surface area contributed by atoms with E-state index in [9.17, 15) is 9.59 Å². The lowest BCUT2D eigenvalue weighted by molar-refractivity contribution is -0.146. The van der Waals surface area contributed by atoms with E-state index in [0.717, 1.165) is 0 Å². The molecule has 0 aromatic heterocycles. The summed E-state index contributed by atoms with van der Waals surface area (Å²) in [5, 5.41) is 17.7. The van der Waals surface area contributed by atoms with Gasteiger partial charge >= 0.3 is 11.9 Å². The van der Waals surface area contributed by atoms with Crippen LogP contribution >= 0.6 is 0 Å². The molecule has 0 heterocycles. The summed E-state index contributed by atoms with van der Waals surface area (Å²) >= 11 is 0. The van der Waals surface area contributed by atoms with E-state index in [2.05, 4.69) is 13.2 Å². The predicted molar refractivity (Wildman–Crippen MR) is 78.9 cm³/mol. The van der Waals surface area contributed by atoms with Crippen molar-refractivity contribution in [3.8, 4) is 12.1 Å². The Morgan fingerprint density at radius 2 is 1.23 bits per heavy atom. The molecule has 0 unspecified atom stereocenters. The second kappa shape index (κ2) is 9.73. The highest BCUT2D eigenvalue weighted by atomic mass is 16.6. The average molecular weight is 300 g/mol. The fourth-order valence-electron chi connectivity index (χ4n) is 1.21. The van der Waals surface area contributed by atoms with Gasteiger partial charge < -0.3 is 9.47 Å². The molecule has 6 nitrogen and oxygen atoms in total. The molecule has 0 atom stereocenters. The number of rotatable bonds is 7. The van der Waals surface area contributed by atoms with Crippen LogP contribution in [0.2, 0.25) is 0 Å². The lowest BCUT2D eigenvalue weighted by atomic mass is 10.1. The number of nitrogens with zero attached hydrogens (tertiary/aromatic N) is 2. The molecule has 0 aliphatic carbocycles. The van der Waals surface area contributed by atoms with Crippen molar-refractivity contribution in [2.24, 2.45) is 0 Å². The van der Waals surface area contributed by atoms with Crippen LogP contribution in [0.1, 0.15) is 13.8 Å². The third-order valence-corrected chi connectivity index (χ3v) is 2.58. The molecule has 0 saturated heterocycles. The molecule has 0 amide bonds. The van der Waals surface area contributed by atoms with Gasteiger partial charge in [-0.05, 0) is 25.0 Å². The van der Waals surface area contributed by atoms with Gasteiger partial charge in [-0.25, -0.2) is 9.59 Å². The Bertz CT molecular complexity index is 572. The zero-order chi connectivity index (χ0) is 17.1. The van der Waals surface area contributed by atoms with Crippen molar-refractivity contribution in [2.75, 3.05) is 13.2 Å². The van der Waals surface area contributed by atoms with Crippen molar-refractivity contribution in [1.29, 1.82) is 10.5 Å². The van der Waals surface area contributed by atoms with Gasteiger partial charge in [0, 0.05) is 0 Å². The highest BCUT2D eigenvalue weighted by molar-refractivity contribution is 5.94.